The van der Waals surface area contributed by atoms with Crippen LogP contribution in [0.15, 0.2) is 22.8 Å². The zero-order valence-electron chi connectivity index (χ0n) is 16.9. The van der Waals surface area contributed by atoms with Gasteiger partial charge in [-0.15, -0.1) is 0 Å². The minimum Gasteiger partial charge on any atom is -0.467 e. The van der Waals surface area contributed by atoms with Crippen LogP contribution in [0, 0.1) is 0 Å². The lowest BCUT2D eigenvalue weighted by atomic mass is 9.91. The highest BCUT2D eigenvalue weighted by Crippen LogP contribution is 2.26. The van der Waals surface area contributed by atoms with Crippen molar-refractivity contribution in [2.45, 2.75) is 45.3 Å². The Morgan fingerprint density at radius 3 is 2.89 bits per heavy atom. The Morgan fingerprint density at radius 2 is 2.22 bits per heavy atom. The molecule has 0 unspecified atom stereocenters. The average molecular weight is 374 g/mol. The van der Waals surface area contributed by atoms with E-state index < -0.39 is 0 Å². The highest BCUT2D eigenvalue weighted by Gasteiger charge is 2.30. The van der Waals surface area contributed by atoms with E-state index in [1.807, 2.05) is 16.8 Å². The highest BCUT2D eigenvalue weighted by atomic mass is 16.3. The molecule has 3 rings (SSSR count). The summed E-state index contributed by atoms with van der Waals surface area (Å²) in [6, 6.07) is 4.12. The van der Waals surface area contributed by atoms with Gasteiger partial charge >= 0.3 is 0 Å². The summed E-state index contributed by atoms with van der Waals surface area (Å²) in [5, 5.41) is 8.30. The van der Waals surface area contributed by atoms with Crippen molar-refractivity contribution in [1.29, 1.82) is 0 Å². The summed E-state index contributed by atoms with van der Waals surface area (Å²) in [6.07, 6.45) is 4.54. The van der Waals surface area contributed by atoms with E-state index in [0.717, 1.165) is 50.2 Å². The lowest BCUT2D eigenvalue weighted by Crippen LogP contribution is -2.39. The van der Waals surface area contributed by atoms with Crippen LogP contribution < -0.4 is 5.32 Å². The molecule has 0 spiro atoms. The van der Waals surface area contributed by atoms with E-state index in [4.69, 9.17) is 4.42 Å². The van der Waals surface area contributed by atoms with Gasteiger partial charge in [0.25, 0.3) is 5.91 Å². The molecule has 1 atom stereocenters. The number of carbonyl (C=O) groups is 1. The van der Waals surface area contributed by atoms with Crippen molar-refractivity contribution in [1.82, 2.24) is 24.9 Å². The molecule has 7 heteroatoms. The first-order chi connectivity index (χ1) is 13.0. The van der Waals surface area contributed by atoms with Crippen LogP contribution in [0.5, 0.6) is 0 Å². The van der Waals surface area contributed by atoms with Crippen LogP contribution in [-0.4, -0.2) is 65.8 Å². The van der Waals surface area contributed by atoms with Crippen molar-refractivity contribution in [2.24, 2.45) is 0 Å². The third-order valence-electron chi connectivity index (χ3n) is 5.16. The van der Waals surface area contributed by atoms with Crippen LogP contribution in [0.1, 0.15) is 40.9 Å². The summed E-state index contributed by atoms with van der Waals surface area (Å²) >= 11 is 0. The number of likely N-dealkylation sites (N-methyl/N-ethyl adjacent to an activating group) is 1. The molecule has 0 aliphatic heterocycles. The van der Waals surface area contributed by atoms with Gasteiger partial charge in [0.1, 0.15) is 5.76 Å². The molecule has 1 amide bonds. The van der Waals surface area contributed by atoms with Gasteiger partial charge in [-0.1, -0.05) is 0 Å². The number of nitrogens with zero attached hydrogens (tertiary/aromatic N) is 4. The van der Waals surface area contributed by atoms with Gasteiger partial charge in [-0.25, -0.2) is 0 Å². The van der Waals surface area contributed by atoms with Gasteiger partial charge in [-0.05, 0) is 52.4 Å². The Labute approximate surface area is 161 Å². The minimum absolute atomic E-state index is 0.0382. The second-order valence-electron chi connectivity index (χ2n) is 7.53. The molecule has 0 saturated heterocycles. The van der Waals surface area contributed by atoms with E-state index in [1.54, 1.807) is 18.2 Å². The number of rotatable bonds is 8. The maximum atomic E-state index is 13.1. The molecule has 1 aliphatic rings. The summed E-state index contributed by atoms with van der Waals surface area (Å²) in [6.45, 7) is 5.28. The Kier molecular flexibility index (Phi) is 6.34. The van der Waals surface area contributed by atoms with E-state index in [9.17, 15) is 4.79 Å². The molecule has 7 nitrogen and oxygen atoms in total. The molecule has 148 valence electrons. The number of aryl methyl sites for hydroxylation is 1. The number of fused-ring (bicyclic) bond motifs is 1. The maximum Gasteiger partial charge on any atom is 0.274 e. The molecule has 0 saturated carbocycles. The maximum absolute atomic E-state index is 13.1. The average Bonchev–Trinajstić information content (AvgIpc) is 3.28. The molecule has 2 aromatic rings. The van der Waals surface area contributed by atoms with Gasteiger partial charge in [-0.3, -0.25) is 9.48 Å². The lowest BCUT2D eigenvalue weighted by molar-refractivity contribution is 0.0767. The van der Waals surface area contributed by atoms with Gasteiger partial charge in [0.15, 0.2) is 5.69 Å². The number of furan rings is 1. The van der Waals surface area contributed by atoms with Gasteiger partial charge < -0.3 is 19.5 Å². The zero-order chi connectivity index (χ0) is 19.4. The predicted molar refractivity (Wildman–Crippen MR) is 105 cm³/mol. The summed E-state index contributed by atoms with van der Waals surface area (Å²) in [5.74, 6) is 0.738. The third-order valence-corrected chi connectivity index (χ3v) is 5.16. The fourth-order valence-corrected chi connectivity index (χ4v) is 3.68. The highest BCUT2D eigenvalue weighted by molar-refractivity contribution is 5.94. The van der Waals surface area contributed by atoms with Crippen molar-refractivity contribution in [3.8, 4) is 0 Å². The quantitative estimate of drug-likeness (QED) is 0.764. The Hall–Kier alpha value is -2.12. The summed E-state index contributed by atoms with van der Waals surface area (Å²) in [5.41, 5.74) is 2.93. The molecule has 1 aliphatic carbocycles. The van der Waals surface area contributed by atoms with Gasteiger partial charge in [0, 0.05) is 44.0 Å². The van der Waals surface area contributed by atoms with Crippen molar-refractivity contribution in [3.63, 3.8) is 0 Å². The minimum atomic E-state index is -0.0382. The standard InChI is InChI=1S/C20H31N5O2/c1-5-25-18-9-8-15(21-10-11-23(2)3)13-17(18)19(22-25)20(26)24(4)14-16-7-6-12-27-16/h6-7,12,15,21H,5,8-11,13-14H2,1-4H3/t15-/m0/s1. The molecule has 0 aromatic carbocycles. The monoisotopic (exact) mass is 373 g/mol. The van der Waals surface area contributed by atoms with Gasteiger partial charge in [-0.2, -0.15) is 5.10 Å². The summed E-state index contributed by atoms with van der Waals surface area (Å²) < 4.78 is 7.38. The fourth-order valence-electron chi connectivity index (χ4n) is 3.68. The SMILES string of the molecule is CCn1nc(C(=O)N(C)Cc2ccco2)c2c1CC[C@H](NCCN(C)C)C2. The largest absolute Gasteiger partial charge is 0.467 e. The van der Waals surface area contributed by atoms with Crippen LogP contribution in [0.2, 0.25) is 0 Å². The topological polar surface area (TPSA) is 66.5 Å². The van der Waals surface area contributed by atoms with Crippen molar-refractivity contribution >= 4 is 5.91 Å². The first-order valence-corrected chi connectivity index (χ1v) is 9.74. The Morgan fingerprint density at radius 1 is 1.41 bits per heavy atom. The normalized spacial score (nSPS) is 16.6. The van der Waals surface area contributed by atoms with Gasteiger partial charge in [0.2, 0.25) is 0 Å². The second-order valence-corrected chi connectivity index (χ2v) is 7.53. The van der Waals surface area contributed by atoms with Crippen LogP contribution in [0.25, 0.3) is 0 Å². The van der Waals surface area contributed by atoms with Crippen LogP contribution >= 0.6 is 0 Å². The number of hydrogen-bond donors (Lipinski definition) is 1. The molecule has 0 bridgehead atoms. The number of carbonyl (C=O) groups excluding carboxylic acids is 1. The Balaban J connectivity index is 1.74. The van der Waals surface area contributed by atoms with E-state index in [2.05, 4.69) is 36.3 Å². The molecule has 1 N–H and O–H groups in total. The van der Waals surface area contributed by atoms with Crippen LogP contribution in [-0.2, 0) is 25.9 Å². The molecule has 2 aromatic heterocycles. The first kappa shape index (κ1) is 19.6. The van der Waals surface area contributed by atoms with E-state index in [0.29, 0.717) is 18.3 Å². The van der Waals surface area contributed by atoms with Gasteiger partial charge in [0.05, 0.1) is 12.8 Å². The molecular formula is C20H31N5O2. The fraction of sp³-hybridized carbons (Fsp3) is 0.600. The number of hydrogen-bond acceptors (Lipinski definition) is 5. The van der Waals surface area contributed by atoms with Crippen molar-refractivity contribution < 1.29 is 9.21 Å². The Bertz CT molecular complexity index is 751. The molecule has 2 heterocycles. The van der Waals surface area contributed by atoms with Crippen LogP contribution in [0.4, 0.5) is 0 Å². The third kappa shape index (κ3) is 4.59. The first-order valence-electron chi connectivity index (χ1n) is 9.74. The predicted octanol–water partition coefficient (Wildman–Crippen LogP) is 1.78. The summed E-state index contributed by atoms with van der Waals surface area (Å²) in [7, 11) is 5.97. The van der Waals surface area contributed by atoms with E-state index in [1.165, 1.54) is 5.69 Å². The van der Waals surface area contributed by atoms with Crippen molar-refractivity contribution in [2.75, 3.05) is 34.2 Å². The van der Waals surface area contributed by atoms with Crippen LogP contribution in [0.3, 0.4) is 0 Å². The number of amides is 1. The van der Waals surface area contributed by atoms with Crippen molar-refractivity contribution in [3.05, 3.63) is 41.1 Å². The molecule has 0 radical (unpaired) electrons. The number of nitrogens with one attached hydrogen (secondary N) is 1. The van der Waals surface area contributed by atoms with E-state index in [-0.39, 0.29) is 5.91 Å². The molecular weight excluding hydrogens is 342 g/mol. The zero-order valence-corrected chi connectivity index (χ0v) is 16.9. The molecule has 0 fully saturated rings. The van der Waals surface area contributed by atoms with E-state index >= 15 is 0 Å². The smallest absolute Gasteiger partial charge is 0.274 e. The second kappa shape index (κ2) is 8.71. The number of aromatic nitrogens is 2. The molecule has 27 heavy (non-hydrogen) atoms. The lowest BCUT2D eigenvalue weighted by Gasteiger charge is -2.25. The summed E-state index contributed by atoms with van der Waals surface area (Å²) in [4.78, 5) is 16.9.